The Labute approximate surface area is 99.5 Å². The van der Waals surface area contributed by atoms with Crippen LogP contribution in [0.4, 0.5) is 0 Å². The number of carbonyl (C=O) groups is 1. The fraction of sp³-hybridized carbons (Fsp3) is 0.308. The molecule has 0 saturated carbocycles. The Morgan fingerprint density at radius 1 is 1.31 bits per heavy atom. The summed E-state index contributed by atoms with van der Waals surface area (Å²) in [5.74, 6) is -0.212. The van der Waals surface area contributed by atoms with Gasteiger partial charge in [0.05, 0.1) is 12.0 Å². The summed E-state index contributed by atoms with van der Waals surface area (Å²) in [5.41, 5.74) is 1.03. The molecule has 0 amide bonds. The van der Waals surface area contributed by atoms with Gasteiger partial charge < -0.3 is 5.11 Å². The number of carbonyl (C=O) groups excluding carboxylic acids is 1. The van der Waals surface area contributed by atoms with Crippen molar-refractivity contribution < 1.29 is 9.90 Å². The minimum atomic E-state index is -0.656. The second-order valence-electron chi connectivity index (χ2n) is 4.03. The van der Waals surface area contributed by atoms with Crippen molar-refractivity contribution in [2.24, 2.45) is 5.92 Å². The van der Waals surface area contributed by atoms with Crippen LogP contribution in [-0.4, -0.2) is 17.0 Å². The molecule has 0 fully saturated rings. The van der Waals surface area contributed by atoms with Crippen LogP contribution >= 0.6 is 11.6 Å². The molecule has 0 aliphatic heterocycles. The van der Waals surface area contributed by atoms with Crippen molar-refractivity contribution in [1.82, 2.24) is 0 Å². The van der Waals surface area contributed by atoms with E-state index in [-0.39, 0.29) is 11.7 Å². The van der Waals surface area contributed by atoms with Crippen molar-refractivity contribution in [2.45, 2.75) is 18.9 Å². The largest absolute Gasteiger partial charge is 0.388 e. The average molecular weight is 237 g/mol. The maximum atomic E-state index is 11.6. The summed E-state index contributed by atoms with van der Waals surface area (Å²) >= 11 is 5.78. The zero-order valence-electron chi connectivity index (χ0n) is 8.77. The van der Waals surface area contributed by atoms with Crippen LogP contribution in [0.2, 0.25) is 5.02 Å². The zero-order chi connectivity index (χ0) is 11.5. The van der Waals surface area contributed by atoms with Gasteiger partial charge in [0.15, 0.2) is 0 Å². The van der Waals surface area contributed by atoms with E-state index in [1.165, 1.54) is 0 Å². The zero-order valence-corrected chi connectivity index (χ0v) is 9.52. The molecule has 0 spiro atoms. The second kappa shape index (κ2) is 4.81. The van der Waals surface area contributed by atoms with Crippen molar-refractivity contribution in [2.75, 3.05) is 0 Å². The number of halogens is 1. The SMILES string of the molecule is O=C1CC=CC(O)C1Cc1ccc(Cl)cc1. The highest BCUT2D eigenvalue weighted by molar-refractivity contribution is 6.30. The third-order valence-electron chi connectivity index (χ3n) is 2.85. The maximum absolute atomic E-state index is 11.6. The lowest BCUT2D eigenvalue weighted by Crippen LogP contribution is -2.31. The molecular weight excluding hydrogens is 224 g/mol. The Bertz CT molecular complexity index is 408. The lowest BCUT2D eigenvalue weighted by atomic mass is 9.85. The predicted octanol–water partition coefficient (Wildman–Crippen LogP) is 2.39. The molecule has 1 aliphatic rings. The number of Topliss-reactive ketones (excluding diaryl/α,β-unsaturated/α-hetero) is 1. The monoisotopic (exact) mass is 236 g/mol. The van der Waals surface area contributed by atoms with E-state index >= 15 is 0 Å². The van der Waals surface area contributed by atoms with Crippen molar-refractivity contribution in [3.63, 3.8) is 0 Å². The number of ketones is 1. The van der Waals surface area contributed by atoms with Gasteiger partial charge in [-0.05, 0) is 24.1 Å². The van der Waals surface area contributed by atoms with Crippen molar-refractivity contribution in [3.8, 4) is 0 Å². The van der Waals surface area contributed by atoms with Gasteiger partial charge in [0, 0.05) is 11.4 Å². The maximum Gasteiger partial charge on any atom is 0.142 e. The van der Waals surface area contributed by atoms with E-state index in [2.05, 4.69) is 0 Å². The number of hydrogen-bond donors (Lipinski definition) is 1. The van der Waals surface area contributed by atoms with Gasteiger partial charge >= 0.3 is 0 Å². The van der Waals surface area contributed by atoms with Gasteiger partial charge in [-0.2, -0.15) is 0 Å². The molecule has 2 nitrogen and oxygen atoms in total. The van der Waals surface area contributed by atoms with Gasteiger partial charge in [0.2, 0.25) is 0 Å². The number of rotatable bonds is 2. The molecule has 1 aromatic rings. The lowest BCUT2D eigenvalue weighted by molar-refractivity contribution is -0.125. The smallest absolute Gasteiger partial charge is 0.142 e. The van der Waals surface area contributed by atoms with E-state index < -0.39 is 6.10 Å². The average Bonchev–Trinajstić information content (AvgIpc) is 2.26. The summed E-state index contributed by atoms with van der Waals surface area (Å²) in [6.07, 6.45) is 3.77. The van der Waals surface area contributed by atoms with Gasteiger partial charge in [-0.25, -0.2) is 0 Å². The Morgan fingerprint density at radius 2 is 2.00 bits per heavy atom. The first-order valence-corrected chi connectivity index (χ1v) is 5.66. The highest BCUT2D eigenvalue weighted by Crippen LogP contribution is 2.21. The highest BCUT2D eigenvalue weighted by Gasteiger charge is 2.27. The summed E-state index contributed by atoms with van der Waals surface area (Å²) in [7, 11) is 0. The molecule has 2 unspecified atom stereocenters. The summed E-state index contributed by atoms with van der Waals surface area (Å²) in [5, 5.41) is 10.4. The molecule has 0 heterocycles. The molecule has 0 bridgehead atoms. The van der Waals surface area contributed by atoms with E-state index in [1.807, 2.05) is 12.1 Å². The van der Waals surface area contributed by atoms with Crippen LogP contribution in [0.25, 0.3) is 0 Å². The van der Waals surface area contributed by atoms with Crippen LogP contribution in [0.3, 0.4) is 0 Å². The van der Waals surface area contributed by atoms with Crippen molar-refractivity contribution in [1.29, 1.82) is 0 Å². The van der Waals surface area contributed by atoms with Crippen LogP contribution in [0.15, 0.2) is 36.4 Å². The Hall–Kier alpha value is -1.12. The van der Waals surface area contributed by atoms with E-state index in [0.717, 1.165) is 5.56 Å². The third kappa shape index (κ3) is 2.52. The summed E-state index contributed by atoms with van der Waals surface area (Å²) in [6, 6.07) is 7.38. The molecule has 0 saturated heterocycles. The molecule has 0 aromatic heterocycles. The second-order valence-corrected chi connectivity index (χ2v) is 4.46. The van der Waals surface area contributed by atoms with Gasteiger partial charge in [0.1, 0.15) is 5.78 Å². The van der Waals surface area contributed by atoms with Gasteiger partial charge in [-0.3, -0.25) is 4.79 Å². The van der Waals surface area contributed by atoms with Crippen molar-refractivity contribution in [3.05, 3.63) is 47.0 Å². The summed E-state index contributed by atoms with van der Waals surface area (Å²) in [4.78, 5) is 11.6. The number of aliphatic hydroxyl groups excluding tert-OH is 1. The predicted molar refractivity (Wildman–Crippen MR) is 63.4 cm³/mol. The third-order valence-corrected chi connectivity index (χ3v) is 3.10. The molecule has 1 aliphatic carbocycles. The molecule has 3 heteroatoms. The molecule has 16 heavy (non-hydrogen) atoms. The molecule has 2 atom stereocenters. The summed E-state index contributed by atoms with van der Waals surface area (Å²) in [6.45, 7) is 0. The van der Waals surface area contributed by atoms with Gasteiger partial charge in [-0.1, -0.05) is 35.9 Å². The minimum Gasteiger partial charge on any atom is -0.388 e. The molecule has 1 N–H and O–H groups in total. The van der Waals surface area contributed by atoms with E-state index in [1.54, 1.807) is 24.3 Å². The molecule has 1 aromatic carbocycles. The standard InChI is InChI=1S/C13H13ClO2/c14-10-6-4-9(5-7-10)8-11-12(15)2-1-3-13(11)16/h1-2,4-7,11-12,15H,3,8H2. The number of aliphatic hydroxyl groups is 1. The Balaban J connectivity index is 2.11. The number of allylic oxidation sites excluding steroid dienone is 1. The van der Waals surface area contributed by atoms with Crippen LogP contribution < -0.4 is 0 Å². The number of benzene rings is 1. The Morgan fingerprint density at radius 3 is 2.62 bits per heavy atom. The summed E-state index contributed by atoms with van der Waals surface area (Å²) < 4.78 is 0. The quantitative estimate of drug-likeness (QED) is 0.801. The highest BCUT2D eigenvalue weighted by atomic mass is 35.5. The van der Waals surface area contributed by atoms with Crippen LogP contribution in [0.5, 0.6) is 0 Å². The molecular formula is C13H13ClO2. The fourth-order valence-electron chi connectivity index (χ4n) is 1.91. The van der Waals surface area contributed by atoms with Crippen molar-refractivity contribution >= 4 is 17.4 Å². The van der Waals surface area contributed by atoms with E-state index in [9.17, 15) is 9.90 Å². The van der Waals surface area contributed by atoms with Crippen LogP contribution in [-0.2, 0) is 11.2 Å². The van der Waals surface area contributed by atoms with Crippen LogP contribution in [0.1, 0.15) is 12.0 Å². The first kappa shape index (κ1) is 11.4. The fourth-order valence-corrected chi connectivity index (χ4v) is 2.03. The molecule has 0 radical (unpaired) electrons. The topological polar surface area (TPSA) is 37.3 Å². The molecule has 2 rings (SSSR count). The number of hydrogen-bond acceptors (Lipinski definition) is 2. The first-order chi connectivity index (χ1) is 7.66. The van der Waals surface area contributed by atoms with Crippen LogP contribution in [0, 0.1) is 5.92 Å². The normalized spacial score (nSPS) is 24.8. The van der Waals surface area contributed by atoms with Gasteiger partial charge in [0.25, 0.3) is 0 Å². The Kier molecular flexibility index (Phi) is 3.42. The van der Waals surface area contributed by atoms with Gasteiger partial charge in [-0.15, -0.1) is 0 Å². The lowest BCUT2D eigenvalue weighted by Gasteiger charge is -2.22. The molecule has 84 valence electrons. The van der Waals surface area contributed by atoms with E-state index in [0.29, 0.717) is 17.9 Å². The minimum absolute atomic E-state index is 0.102. The van der Waals surface area contributed by atoms with E-state index in [4.69, 9.17) is 11.6 Å². The first-order valence-electron chi connectivity index (χ1n) is 5.28.